The third-order valence-electron chi connectivity index (χ3n) is 3.58. The van der Waals surface area contributed by atoms with Gasteiger partial charge in [-0.05, 0) is 26.8 Å². The Bertz CT molecular complexity index is 448. The number of aromatic nitrogens is 2. The van der Waals surface area contributed by atoms with Crippen LogP contribution in [0.5, 0.6) is 0 Å². The summed E-state index contributed by atoms with van der Waals surface area (Å²) in [6, 6.07) is 1.16. The second-order valence-corrected chi connectivity index (χ2v) is 5.06. The van der Waals surface area contributed by atoms with E-state index >= 15 is 0 Å². The summed E-state index contributed by atoms with van der Waals surface area (Å²) >= 11 is 0. The number of aromatic carboxylic acids is 1. The van der Waals surface area contributed by atoms with Crippen molar-refractivity contribution in [3.8, 4) is 0 Å². The number of likely N-dealkylation sites (N-methyl/N-ethyl adjacent to an activating group) is 1. The zero-order chi connectivity index (χ0) is 13.8. The van der Waals surface area contributed by atoms with Gasteiger partial charge in [0.15, 0.2) is 0 Å². The number of carbonyl (C=O) groups is 1. The smallest absolute Gasteiger partial charge is 0.339 e. The molecule has 6 nitrogen and oxygen atoms in total. The van der Waals surface area contributed by atoms with Gasteiger partial charge in [0.25, 0.3) is 0 Å². The molecule has 1 aromatic heterocycles. The highest BCUT2D eigenvalue weighted by atomic mass is 16.4. The molecule has 0 radical (unpaired) electrons. The average molecular weight is 264 g/mol. The summed E-state index contributed by atoms with van der Waals surface area (Å²) in [5, 5.41) is 12.3. The first-order valence-electron chi connectivity index (χ1n) is 6.54. The lowest BCUT2D eigenvalue weighted by molar-refractivity contribution is 0.0694. The average Bonchev–Trinajstić information content (AvgIpc) is 3.22. The molecule has 0 aliphatic heterocycles. The van der Waals surface area contributed by atoms with E-state index in [0.717, 1.165) is 12.6 Å². The molecule has 1 aromatic rings. The summed E-state index contributed by atoms with van der Waals surface area (Å²) in [6.45, 7) is 3.44. The van der Waals surface area contributed by atoms with Gasteiger partial charge in [0.1, 0.15) is 11.9 Å². The lowest BCUT2D eigenvalue weighted by atomic mass is 10.2. The molecule has 0 aromatic carbocycles. The van der Waals surface area contributed by atoms with Crippen LogP contribution >= 0.6 is 0 Å². The summed E-state index contributed by atoms with van der Waals surface area (Å²) in [5.41, 5.74) is 0.696. The quantitative estimate of drug-likeness (QED) is 0.756. The van der Waals surface area contributed by atoms with E-state index in [2.05, 4.69) is 34.2 Å². The first kappa shape index (κ1) is 13.9. The minimum absolute atomic E-state index is 0.165. The summed E-state index contributed by atoms with van der Waals surface area (Å²) in [7, 11) is 2.14. The van der Waals surface area contributed by atoms with Gasteiger partial charge in [-0.1, -0.05) is 0 Å². The van der Waals surface area contributed by atoms with Gasteiger partial charge in [-0.15, -0.1) is 0 Å². The number of carboxylic acids is 1. The molecule has 1 aliphatic carbocycles. The maximum atomic E-state index is 11.0. The van der Waals surface area contributed by atoms with Gasteiger partial charge >= 0.3 is 5.97 Å². The predicted molar refractivity (Wildman–Crippen MR) is 70.9 cm³/mol. The van der Waals surface area contributed by atoms with Crippen LogP contribution in [-0.4, -0.2) is 51.6 Å². The van der Waals surface area contributed by atoms with E-state index in [9.17, 15) is 4.79 Å². The van der Waals surface area contributed by atoms with Crippen molar-refractivity contribution in [1.29, 1.82) is 0 Å². The van der Waals surface area contributed by atoms with Gasteiger partial charge in [-0.25, -0.2) is 14.8 Å². The zero-order valence-electron chi connectivity index (χ0n) is 11.3. The Morgan fingerprint density at radius 3 is 3.00 bits per heavy atom. The summed E-state index contributed by atoms with van der Waals surface area (Å²) in [6.07, 6.45) is 5.29. The second kappa shape index (κ2) is 6.08. The van der Waals surface area contributed by atoms with Crippen LogP contribution in [0.4, 0.5) is 0 Å². The van der Waals surface area contributed by atoms with E-state index in [-0.39, 0.29) is 5.56 Å². The molecule has 104 valence electrons. The highest BCUT2D eigenvalue weighted by molar-refractivity contribution is 5.88. The molecule has 19 heavy (non-hydrogen) atoms. The van der Waals surface area contributed by atoms with Gasteiger partial charge in [-0.2, -0.15) is 0 Å². The highest BCUT2D eigenvalue weighted by Crippen LogP contribution is 2.26. The first-order valence-corrected chi connectivity index (χ1v) is 6.54. The Hall–Kier alpha value is -1.53. The molecule has 6 heteroatoms. The largest absolute Gasteiger partial charge is 0.478 e. The first-order chi connectivity index (χ1) is 9.09. The molecule has 1 heterocycles. The fraction of sp³-hybridized carbons (Fsp3) is 0.615. The lowest BCUT2D eigenvalue weighted by Crippen LogP contribution is -2.39. The van der Waals surface area contributed by atoms with Gasteiger partial charge < -0.3 is 10.4 Å². The summed E-state index contributed by atoms with van der Waals surface area (Å²) in [4.78, 5) is 21.1. The Kier molecular flexibility index (Phi) is 4.44. The van der Waals surface area contributed by atoms with Crippen LogP contribution in [0, 0.1) is 0 Å². The van der Waals surface area contributed by atoms with E-state index in [1.807, 2.05) is 0 Å². The standard InChI is InChI=1S/C13H20N4O2/c1-9(17(2)10-3-4-10)5-14-7-12-11(13(18)19)6-15-8-16-12/h6,8-10,14H,3-5,7H2,1-2H3,(H,18,19). The van der Waals surface area contributed by atoms with Crippen molar-refractivity contribution in [1.82, 2.24) is 20.2 Å². The second-order valence-electron chi connectivity index (χ2n) is 5.06. The van der Waals surface area contributed by atoms with E-state index in [1.165, 1.54) is 25.4 Å². The fourth-order valence-corrected chi connectivity index (χ4v) is 2.06. The summed E-state index contributed by atoms with van der Waals surface area (Å²) < 4.78 is 0. The van der Waals surface area contributed by atoms with Crippen molar-refractivity contribution in [3.63, 3.8) is 0 Å². The molecule has 2 rings (SSSR count). The van der Waals surface area contributed by atoms with E-state index < -0.39 is 5.97 Å². The Labute approximate surface area is 112 Å². The van der Waals surface area contributed by atoms with Crippen molar-refractivity contribution >= 4 is 5.97 Å². The SMILES string of the molecule is CC(CNCc1ncncc1C(=O)O)N(C)C1CC1. The minimum atomic E-state index is -0.986. The monoisotopic (exact) mass is 264 g/mol. The molecule has 0 spiro atoms. The normalized spacial score (nSPS) is 16.6. The van der Waals surface area contributed by atoms with Crippen LogP contribution < -0.4 is 5.32 Å². The molecule has 0 amide bonds. The van der Waals surface area contributed by atoms with Gasteiger partial charge in [0.05, 0.1) is 5.69 Å². The van der Waals surface area contributed by atoms with E-state index in [4.69, 9.17) is 5.11 Å². The maximum Gasteiger partial charge on any atom is 0.339 e. The zero-order valence-corrected chi connectivity index (χ0v) is 11.3. The van der Waals surface area contributed by atoms with Crippen molar-refractivity contribution in [2.24, 2.45) is 0 Å². The molecule has 1 aliphatic rings. The number of hydrogen-bond donors (Lipinski definition) is 2. The van der Waals surface area contributed by atoms with Crippen molar-refractivity contribution < 1.29 is 9.90 Å². The number of hydrogen-bond acceptors (Lipinski definition) is 5. The number of rotatable bonds is 7. The van der Waals surface area contributed by atoms with Crippen LogP contribution in [0.2, 0.25) is 0 Å². The molecule has 1 atom stereocenters. The minimum Gasteiger partial charge on any atom is -0.478 e. The van der Waals surface area contributed by atoms with Gasteiger partial charge in [0, 0.05) is 31.4 Å². The van der Waals surface area contributed by atoms with E-state index in [0.29, 0.717) is 18.3 Å². The third kappa shape index (κ3) is 3.71. The Morgan fingerprint density at radius 1 is 1.63 bits per heavy atom. The lowest BCUT2D eigenvalue weighted by Gasteiger charge is -2.24. The van der Waals surface area contributed by atoms with E-state index in [1.54, 1.807) is 0 Å². The maximum absolute atomic E-state index is 11.0. The highest BCUT2D eigenvalue weighted by Gasteiger charge is 2.28. The fourth-order valence-electron chi connectivity index (χ4n) is 2.06. The van der Waals surface area contributed by atoms with Crippen LogP contribution in [0.25, 0.3) is 0 Å². The topological polar surface area (TPSA) is 78.3 Å². The van der Waals surface area contributed by atoms with Crippen LogP contribution in [0.15, 0.2) is 12.5 Å². The van der Waals surface area contributed by atoms with Crippen molar-refractivity contribution in [3.05, 3.63) is 23.8 Å². The number of carboxylic acid groups (broad SMARTS) is 1. The van der Waals surface area contributed by atoms with Gasteiger partial charge in [0.2, 0.25) is 0 Å². The molecule has 1 saturated carbocycles. The molecular formula is C13H20N4O2. The van der Waals surface area contributed by atoms with Crippen LogP contribution in [0.3, 0.4) is 0 Å². The Balaban J connectivity index is 1.83. The van der Waals surface area contributed by atoms with Crippen molar-refractivity contribution in [2.75, 3.05) is 13.6 Å². The van der Waals surface area contributed by atoms with Gasteiger partial charge in [-0.3, -0.25) is 4.90 Å². The predicted octanol–water partition coefficient (Wildman–Crippen LogP) is 0.747. The number of nitrogens with zero attached hydrogens (tertiary/aromatic N) is 3. The Morgan fingerprint density at radius 2 is 2.37 bits per heavy atom. The molecule has 0 bridgehead atoms. The molecule has 1 fully saturated rings. The molecular weight excluding hydrogens is 244 g/mol. The molecule has 0 saturated heterocycles. The number of nitrogens with one attached hydrogen (secondary N) is 1. The summed E-state index contributed by atoms with van der Waals surface area (Å²) in [5.74, 6) is -0.986. The van der Waals surface area contributed by atoms with Crippen LogP contribution in [-0.2, 0) is 6.54 Å². The molecule has 1 unspecified atom stereocenters. The van der Waals surface area contributed by atoms with Crippen molar-refractivity contribution in [2.45, 2.75) is 38.4 Å². The molecule has 2 N–H and O–H groups in total. The third-order valence-corrected chi connectivity index (χ3v) is 3.58. The van der Waals surface area contributed by atoms with Crippen LogP contribution in [0.1, 0.15) is 35.8 Å².